The molecule has 2 aliphatic heterocycles. The van der Waals surface area contributed by atoms with Gasteiger partial charge in [0.1, 0.15) is 11.4 Å². The number of ether oxygens (including phenoxy) is 1. The second-order valence-corrected chi connectivity index (χ2v) is 9.22. The molecule has 2 heterocycles. The van der Waals surface area contributed by atoms with E-state index in [0.717, 1.165) is 51.1 Å². The van der Waals surface area contributed by atoms with Gasteiger partial charge in [0.15, 0.2) is 0 Å². The molecule has 138 valence electrons. The van der Waals surface area contributed by atoms with Gasteiger partial charge in [-0.05, 0) is 73.8 Å². The molecule has 0 N–H and O–H groups in total. The Morgan fingerprint density at radius 1 is 1.28 bits per heavy atom. The number of rotatable bonds is 2. The van der Waals surface area contributed by atoms with Crippen LogP contribution in [-0.4, -0.2) is 47.7 Å². The molecule has 4 nitrogen and oxygen atoms in total. The second kappa shape index (κ2) is 6.88. The van der Waals surface area contributed by atoms with E-state index in [0.29, 0.717) is 4.47 Å². The first-order valence-corrected chi connectivity index (χ1v) is 9.59. The van der Waals surface area contributed by atoms with Gasteiger partial charge in [0.05, 0.1) is 4.47 Å². The molecule has 0 bridgehead atoms. The lowest BCUT2D eigenvalue weighted by Gasteiger charge is -2.27. The first-order valence-electron chi connectivity index (χ1n) is 8.80. The molecule has 2 saturated heterocycles. The van der Waals surface area contributed by atoms with Crippen LogP contribution < -0.4 is 0 Å². The lowest BCUT2D eigenvalue weighted by atomic mass is 9.86. The third kappa shape index (κ3) is 4.53. The van der Waals surface area contributed by atoms with Crippen molar-refractivity contribution in [2.75, 3.05) is 26.2 Å². The minimum atomic E-state index is -0.454. The largest absolute Gasteiger partial charge is 0.444 e. The van der Waals surface area contributed by atoms with Crippen LogP contribution in [0.25, 0.3) is 0 Å². The summed E-state index contributed by atoms with van der Waals surface area (Å²) in [7, 11) is 0. The number of carbonyl (C=O) groups is 1. The van der Waals surface area contributed by atoms with E-state index >= 15 is 0 Å². The van der Waals surface area contributed by atoms with Crippen LogP contribution in [0.4, 0.5) is 9.18 Å². The summed E-state index contributed by atoms with van der Waals surface area (Å²) >= 11 is 3.25. The van der Waals surface area contributed by atoms with Crippen molar-refractivity contribution >= 4 is 22.0 Å². The van der Waals surface area contributed by atoms with Gasteiger partial charge in [-0.3, -0.25) is 4.90 Å². The van der Waals surface area contributed by atoms with Crippen molar-refractivity contribution in [1.82, 2.24) is 9.80 Å². The van der Waals surface area contributed by atoms with Crippen molar-refractivity contribution in [3.05, 3.63) is 34.1 Å². The fraction of sp³-hybridized carbons (Fsp3) is 0.632. The van der Waals surface area contributed by atoms with Crippen LogP contribution in [0.2, 0.25) is 0 Å². The molecular weight excluding hydrogens is 387 g/mol. The zero-order valence-corrected chi connectivity index (χ0v) is 16.7. The molecule has 3 rings (SSSR count). The number of amides is 1. The van der Waals surface area contributed by atoms with E-state index in [1.54, 1.807) is 0 Å². The normalized spacial score (nSPS) is 24.3. The summed E-state index contributed by atoms with van der Waals surface area (Å²) in [4.78, 5) is 16.5. The highest BCUT2D eigenvalue weighted by molar-refractivity contribution is 9.10. The summed E-state index contributed by atoms with van der Waals surface area (Å²) in [5.74, 6) is -0.231. The third-order valence-corrected chi connectivity index (χ3v) is 5.61. The molecule has 1 unspecified atom stereocenters. The Balaban J connectivity index is 1.57. The minimum absolute atomic E-state index is 0.175. The Hall–Kier alpha value is -1.14. The van der Waals surface area contributed by atoms with E-state index in [9.17, 15) is 9.18 Å². The maximum Gasteiger partial charge on any atom is 0.410 e. The van der Waals surface area contributed by atoms with Gasteiger partial charge >= 0.3 is 6.09 Å². The van der Waals surface area contributed by atoms with Gasteiger partial charge in [0, 0.05) is 31.6 Å². The molecule has 2 aliphatic rings. The Labute approximate surface area is 157 Å². The number of benzene rings is 1. The zero-order chi connectivity index (χ0) is 18.2. The second-order valence-electron chi connectivity index (χ2n) is 8.36. The maximum atomic E-state index is 13.4. The fourth-order valence-electron chi connectivity index (χ4n) is 3.81. The molecule has 1 aromatic rings. The molecule has 25 heavy (non-hydrogen) atoms. The van der Waals surface area contributed by atoms with Crippen molar-refractivity contribution < 1.29 is 13.9 Å². The van der Waals surface area contributed by atoms with Crippen LogP contribution in [0.1, 0.15) is 39.2 Å². The quantitative estimate of drug-likeness (QED) is 0.720. The van der Waals surface area contributed by atoms with Crippen molar-refractivity contribution in [2.24, 2.45) is 5.41 Å². The molecule has 1 amide bonds. The molecule has 0 aliphatic carbocycles. The van der Waals surface area contributed by atoms with Crippen LogP contribution >= 0.6 is 15.9 Å². The molecule has 1 atom stereocenters. The molecule has 1 aromatic carbocycles. The molecule has 0 aromatic heterocycles. The average Bonchev–Trinajstić information content (AvgIpc) is 3.09. The first kappa shape index (κ1) is 18.6. The van der Waals surface area contributed by atoms with Gasteiger partial charge in [-0.2, -0.15) is 0 Å². The van der Waals surface area contributed by atoms with E-state index < -0.39 is 5.60 Å². The first-order chi connectivity index (χ1) is 11.7. The number of carbonyl (C=O) groups excluding carboxylic acids is 1. The number of likely N-dealkylation sites (tertiary alicyclic amines) is 2. The van der Waals surface area contributed by atoms with Gasteiger partial charge in [0.2, 0.25) is 0 Å². The highest BCUT2D eigenvalue weighted by Gasteiger charge is 2.45. The topological polar surface area (TPSA) is 32.8 Å². The predicted molar refractivity (Wildman–Crippen MR) is 98.9 cm³/mol. The monoisotopic (exact) mass is 412 g/mol. The smallest absolute Gasteiger partial charge is 0.410 e. The van der Waals surface area contributed by atoms with Gasteiger partial charge in [-0.25, -0.2) is 9.18 Å². The average molecular weight is 413 g/mol. The number of hydrogen-bond acceptors (Lipinski definition) is 3. The minimum Gasteiger partial charge on any atom is -0.444 e. The van der Waals surface area contributed by atoms with Crippen LogP contribution in [0, 0.1) is 11.2 Å². The predicted octanol–water partition coefficient (Wildman–Crippen LogP) is 4.42. The summed E-state index contributed by atoms with van der Waals surface area (Å²) in [6.45, 7) is 10.0. The van der Waals surface area contributed by atoms with Gasteiger partial charge < -0.3 is 9.64 Å². The number of nitrogens with zero attached hydrogens (tertiary/aromatic N) is 2. The lowest BCUT2D eigenvalue weighted by molar-refractivity contribution is 0.0274. The Morgan fingerprint density at radius 2 is 2.00 bits per heavy atom. The molecular formula is C19H26BrFN2O2. The Morgan fingerprint density at radius 3 is 2.68 bits per heavy atom. The standard InChI is InChI=1S/C19H26BrFN2O2/c1-18(2,3)25-17(24)23-9-7-19(13-23)6-8-22(12-19)11-14-4-5-16(21)15(20)10-14/h4-5,10H,6-9,11-13H2,1-3H3. The van der Waals surface area contributed by atoms with Crippen LogP contribution in [0.3, 0.4) is 0 Å². The molecule has 1 spiro atoms. The van der Waals surface area contributed by atoms with Crippen LogP contribution in [0.5, 0.6) is 0 Å². The van der Waals surface area contributed by atoms with Crippen molar-refractivity contribution in [3.63, 3.8) is 0 Å². The Bertz CT molecular complexity index is 661. The van der Waals surface area contributed by atoms with E-state index in [1.807, 2.05) is 37.8 Å². The van der Waals surface area contributed by atoms with E-state index in [-0.39, 0.29) is 17.3 Å². The molecule has 0 radical (unpaired) electrons. The van der Waals surface area contributed by atoms with Gasteiger partial charge in [0.25, 0.3) is 0 Å². The number of halogens is 2. The van der Waals surface area contributed by atoms with Gasteiger partial charge in [-0.15, -0.1) is 0 Å². The summed E-state index contributed by atoms with van der Waals surface area (Å²) < 4.78 is 19.4. The SMILES string of the molecule is CC(C)(C)OC(=O)N1CCC2(CCN(Cc3ccc(F)c(Br)c3)C2)C1. The third-order valence-electron chi connectivity index (χ3n) is 5.00. The highest BCUT2D eigenvalue weighted by Crippen LogP contribution is 2.40. The van der Waals surface area contributed by atoms with Crippen molar-refractivity contribution in [3.8, 4) is 0 Å². The summed E-state index contributed by atoms with van der Waals surface area (Å²) in [6.07, 6.45) is 1.91. The summed E-state index contributed by atoms with van der Waals surface area (Å²) in [5, 5.41) is 0. The van der Waals surface area contributed by atoms with E-state index in [4.69, 9.17) is 4.74 Å². The van der Waals surface area contributed by atoms with Crippen LogP contribution in [-0.2, 0) is 11.3 Å². The lowest BCUT2D eigenvalue weighted by Crippen LogP contribution is -2.37. The highest BCUT2D eigenvalue weighted by atomic mass is 79.9. The van der Waals surface area contributed by atoms with Crippen molar-refractivity contribution in [1.29, 1.82) is 0 Å². The van der Waals surface area contributed by atoms with Crippen molar-refractivity contribution in [2.45, 2.75) is 45.8 Å². The van der Waals surface area contributed by atoms with Crippen LogP contribution in [0.15, 0.2) is 22.7 Å². The van der Waals surface area contributed by atoms with Gasteiger partial charge in [-0.1, -0.05) is 6.07 Å². The molecule has 0 saturated carbocycles. The number of hydrogen-bond donors (Lipinski definition) is 0. The molecule has 2 fully saturated rings. The molecule has 6 heteroatoms. The Kier molecular flexibility index (Phi) is 5.13. The summed E-state index contributed by atoms with van der Waals surface area (Å²) in [5.41, 5.74) is 0.825. The summed E-state index contributed by atoms with van der Waals surface area (Å²) in [6, 6.07) is 5.19. The zero-order valence-electron chi connectivity index (χ0n) is 15.1. The maximum absolute atomic E-state index is 13.4. The fourth-order valence-corrected chi connectivity index (χ4v) is 4.24. The van der Waals surface area contributed by atoms with E-state index in [2.05, 4.69) is 20.8 Å². The van der Waals surface area contributed by atoms with E-state index in [1.165, 1.54) is 6.07 Å².